The number of benzene rings is 1. The maximum absolute atomic E-state index is 11.2. The van der Waals surface area contributed by atoms with Gasteiger partial charge >= 0.3 is 0 Å². The summed E-state index contributed by atoms with van der Waals surface area (Å²) in [7, 11) is 0. The van der Waals surface area contributed by atoms with Gasteiger partial charge in [-0.3, -0.25) is 10.1 Å². The van der Waals surface area contributed by atoms with Crippen LogP contribution in [-0.4, -0.2) is 17.6 Å². The van der Waals surface area contributed by atoms with Crippen LogP contribution in [0, 0.1) is 15.5 Å². The van der Waals surface area contributed by atoms with Crippen molar-refractivity contribution in [1.29, 1.82) is 0 Å². The van der Waals surface area contributed by atoms with Crippen LogP contribution >= 0.6 is 0 Å². The molecule has 0 saturated heterocycles. The molecule has 0 radical (unpaired) electrons. The molecule has 1 aliphatic rings. The molecule has 2 rings (SSSR count). The highest BCUT2D eigenvalue weighted by atomic mass is 16.6. The third-order valence-electron chi connectivity index (χ3n) is 3.81. The number of hydrogen-bond acceptors (Lipinski definition) is 4. The minimum Gasteiger partial charge on any atom is -0.494 e. The van der Waals surface area contributed by atoms with Crippen LogP contribution in [0.2, 0.25) is 0 Å². The Morgan fingerprint density at radius 1 is 1.50 bits per heavy atom. The topological polar surface area (TPSA) is 64.4 Å². The van der Waals surface area contributed by atoms with Crippen LogP contribution in [0.1, 0.15) is 40.0 Å². The molecule has 1 saturated carbocycles. The van der Waals surface area contributed by atoms with E-state index >= 15 is 0 Å². The van der Waals surface area contributed by atoms with Crippen LogP contribution in [0.3, 0.4) is 0 Å². The molecule has 1 N–H and O–H groups in total. The molecule has 0 amide bonds. The zero-order chi connectivity index (χ0) is 14.8. The summed E-state index contributed by atoms with van der Waals surface area (Å²) in [5, 5.41) is 14.5. The highest BCUT2D eigenvalue weighted by Crippen LogP contribution is 2.39. The lowest BCUT2D eigenvalue weighted by Crippen LogP contribution is -2.18. The van der Waals surface area contributed by atoms with E-state index in [0.29, 0.717) is 29.5 Å². The van der Waals surface area contributed by atoms with Crippen LogP contribution in [-0.2, 0) is 0 Å². The minimum atomic E-state index is -0.356. The fourth-order valence-electron chi connectivity index (χ4n) is 2.82. The number of anilines is 1. The zero-order valence-corrected chi connectivity index (χ0v) is 12.3. The van der Waals surface area contributed by atoms with Crippen LogP contribution in [0.4, 0.5) is 11.4 Å². The fourth-order valence-corrected chi connectivity index (χ4v) is 2.82. The van der Waals surface area contributed by atoms with Gasteiger partial charge < -0.3 is 10.1 Å². The highest BCUT2D eigenvalue weighted by Gasteiger charge is 2.31. The predicted octanol–water partition coefficient (Wildman–Crippen LogP) is 3.98. The van der Waals surface area contributed by atoms with Crippen molar-refractivity contribution in [2.24, 2.45) is 5.41 Å². The van der Waals surface area contributed by atoms with E-state index < -0.39 is 0 Å². The van der Waals surface area contributed by atoms with E-state index in [1.54, 1.807) is 12.1 Å². The number of hydrogen-bond donors (Lipinski definition) is 1. The highest BCUT2D eigenvalue weighted by molar-refractivity contribution is 5.64. The van der Waals surface area contributed by atoms with E-state index in [9.17, 15) is 10.1 Å². The molecule has 1 unspecified atom stereocenters. The Kier molecular flexibility index (Phi) is 4.16. The van der Waals surface area contributed by atoms with Crippen molar-refractivity contribution >= 4 is 11.4 Å². The number of ether oxygens (including phenoxy) is 1. The standard InChI is InChI=1S/C15H22N2O3/c1-4-20-12-5-6-13(14(9-12)17(18)19)16-11-7-8-15(2,3)10-11/h5-6,9,11,16H,4,7-8,10H2,1-3H3. The van der Waals surface area contributed by atoms with E-state index in [2.05, 4.69) is 19.2 Å². The van der Waals surface area contributed by atoms with E-state index in [1.165, 1.54) is 6.07 Å². The normalized spacial score (nSPS) is 20.6. The van der Waals surface area contributed by atoms with Crippen LogP contribution in [0.5, 0.6) is 5.75 Å². The Bertz CT molecular complexity index is 500. The van der Waals surface area contributed by atoms with E-state index in [1.807, 2.05) is 6.92 Å². The Morgan fingerprint density at radius 3 is 2.80 bits per heavy atom. The SMILES string of the molecule is CCOc1ccc(NC2CCC(C)(C)C2)c([N+](=O)[O-])c1. The average molecular weight is 278 g/mol. The molecule has 0 aliphatic heterocycles. The number of nitrogens with zero attached hydrogens (tertiary/aromatic N) is 1. The Morgan fingerprint density at radius 2 is 2.25 bits per heavy atom. The molecule has 5 nitrogen and oxygen atoms in total. The fraction of sp³-hybridized carbons (Fsp3) is 0.600. The van der Waals surface area contributed by atoms with Crippen molar-refractivity contribution in [2.45, 2.75) is 46.1 Å². The molecule has 20 heavy (non-hydrogen) atoms. The molecular weight excluding hydrogens is 256 g/mol. The monoisotopic (exact) mass is 278 g/mol. The largest absolute Gasteiger partial charge is 0.494 e. The van der Waals surface area contributed by atoms with Crippen molar-refractivity contribution in [3.8, 4) is 5.75 Å². The molecule has 110 valence electrons. The molecule has 1 aromatic rings. The average Bonchev–Trinajstić information content (AvgIpc) is 2.70. The van der Waals surface area contributed by atoms with Gasteiger partial charge in [0.25, 0.3) is 5.69 Å². The second-order valence-corrected chi connectivity index (χ2v) is 6.12. The van der Waals surface area contributed by atoms with E-state index in [0.717, 1.165) is 19.3 Å². The van der Waals surface area contributed by atoms with Crippen molar-refractivity contribution in [1.82, 2.24) is 0 Å². The van der Waals surface area contributed by atoms with Gasteiger partial charge in [0, 0.05) is 6.04 Å². The molecule has 5 heteroatoms. The van der Waals surface area contributed by atoms with Crippen molar-refractivity contribution in [2.75, 3.05) is 11.9 Å². The van der Waals surface area contributed by atoms with Gasteiger partial charge in [-0.1, -0.05) is 13.8 Å². The van der Waals surface area contributed by atoms with Gasteiger partial charge in [0.1, 0.15) is 11.4 Å². The molecular formula is C15H22N2O3. The summed E-state index contributed by atoms with van der Waals surface area (Å²) in [4.78, 5) is 10.8. The minimum absolute atomic E-state index is 0.0839. The molecule has 0 bridgehead atoms. The summed E-state index contributed by atoms with van der Waals surface area (Å²) in [6, 6.07) is 5.32. The molecule has 1 aromatic carbocycles. The third kappa shape index (κ3) is 3.40. The maximum atomic E-state index is 11.2. The predicted molar refractivity (Wildman–Crippen MR) is 79.3 cm³/mol. The molecule has 0 aromatic heterocycles. The van der Waals surface area contributed by atoms with Gasteiger partial charge in [-0.2, -0.15) is 0 Å². The second kappa shape index (κ2) is 5.69. The lowest BCUT2D eigenvalue weighted by Gasteiger charge is -2.18. The first-order chi connectivity index (χ1) is 9.41. The summed E-state index contributed by atoms with van der Waals surface area (Å²) < 4.78 is 5.32. The molecule has 0 spiro atoms. The Labute approximate surface area is 119 Å². The van der Waals surface area contributed by atoms with Gasteiger partial charge in [-0.05, 0) is 43.7 Å². The number of nitro benzene ring substituents is 1. The molecule has 1 fully saturated rings. The second-order valence-electron chi connectivity index (χ2n) is 6.12. The van der Waals surface area contributed by atoms with Crippen LogP contribution < -0.4 is 10.1 Å². The van der Waals surface area contributed by atoms with Gasteiger partial charge in [-0.15, -0.1) is 0 Å². The zero-order valence-electron chi connectivity index (χ0n) is 12.3. The number of nitro groups is 1. The first kappa shape index (κ1) is 14.6. The Balaban J connectivity index is 2.17. The smallest absolute Gasteiger partial charge is 0.296 e. The van der Waals surface area contributed by atoms with Crippen molar-refractivity contribution in [3.05, 3.63) is 28.3 Å². The third-order valence-corrected chi connectivity index (χ3v) is 3.81. The quantitative estimate of drug-likeness (QED) is 0.653. The summed E-state index contributed by atoms with van der Waals surface area (Å²) in [5.41, 5.74) is 0.986. The summed E-state index contributed by atoms with van der Waals surface area (Å²) >= 11 is 0. The van der Waals surface area contributed by atoms with Gasteiger partial charge in [-0.25, -0.2) is 0 Å². The van der Waals surface area contributed by atoms with E-state index in [-0.39, 0.29) is 10.6 Å². The lowest BCUT2D eigenvalue weighted by molar-refractivity contribution is -0.384. The number of nitrogens with one attached hydrogen (secondary N) is 1. The Hall–Kier alpha value is -1.78. The lowest BCUT2D eigenvalue weighted by atomic mass is 9.92. The van der Waals surface area contributed by atoms with Crippen molar-refractivity contribution < 1.29 is 9.66 Å². The van der Waals surface area contributed by atoms with Gasteiger partial charge in [0.2, 0.25) is 0 Å². The van der Waals surface area contributed by atoms with Crippen molar-refractivity contribution in [3.63, 3.8) is 0 Å². The summed E-state index contributed by atoms with van der Waals surface area (Å²) in [6.07, 6.45) is 3.24. The molecule has 1 aliphatic carbocycles. The first-order valence-corrected chi connectivity index (χ1v) is 7.09. The van der Waals surface area contributed by atoms with Crippen LogP contribution in [0.15, 0.2) is 18.2 Å². The van der Waals surface area contributed by atoms with Crippen LogP contribution in [0.25, 0.3) is 0 Å². The van der Waals surface area contributed by atoms with Gasteiger partial charge in [0.05, 0.1) is 17.6 Å². The maximum Gasteiger partial charge on any atom is 0.296 e. The summed E-state index contributed by atoms with van der Waals surface area (Å²) in [5.74, 6) is 0.538. The van der Waals surface area contributed by atoms with Gasteiger partial charge in [0.15, 0.2) is 0 Å². The molecule has 0 heterocycles. The number of rotatable bonds is 5. The first-order valence-electron chi connectivity index (χ1n) is 7.09. The molecule has 1 atom stereocenters. The van der Waals surface area contributed by atoms with E-state index in [4.69, 9.17) is 4.74 Å². The summed E-state index contributed by atoms with van der Waals surface area (Å²) in [6.45, 7) is 6.84.